The van der Waals surface area contributed by atoms with Crippen LogP contribution in [0, 0.1) is 0 Å². The molecule has 2 atom stereocenters. The first-order valence-electron chi connectivity index (χ1n) is 5.34. The number of hydrogen-bond acceptors (Lipinski definition) is 3. The van der Waals surface area contributed by atoms with Crippen LogP contribution in [0.1, 0.15) is 18.9 Å². The Morgan fingerprint density at radius 3 is 2.47 bits per heavy atom. The monoisotopic (exact) mass is 209 g/mol. The van der Waals surface area contributed by atoms with E-state index in [9.17, 15) is 5.11 Å². The predicted molar refractivity (Wildman–Crippen MR) is 60.5 cm³/mol. The molecule has 15 heavy (non-hydrogen) atoms. The molecule has 3 nitrogen and oxygen atoms in total. The summed E-state index contributed by atoms with van der Waals surface area (Å²) in [5.74, 6) is 0. The fourth-order valence-corrected chi connectivity index (χ4v) is 1.52. The van der Waals surface area contributed by atoms with Crippen molar-refractivity contribution in [1.82, 2.24) is 5.32 Å². The summed E-state index contributed by atoms with van der Waals surface area (Å²) in [5.41, 5.74) is 1.18. The van der Waals surface area contributed by atoms with Gasteiger partial charge < -0.3 is 15.5 Å². The van der Waals surface area contributed by atoms with E-state index in [0.717, 1.165) is 13.0 Å². The molecule has 0 saturated heterocycles. The minimum Gasteiger partial charge on any atom is -0.394 e. The number of rotatable bonds is 6. The van der Waals surface area contributed by atoms with E-state index in [1.165, 1.54) is 5.56 Å². The fourth-order valence-electron chi connectivity index (χ4n) is 1.52. The van der Waals surface area contributed by atoms with Crippen LogP contribution < -0.4 is 5.32 Å². The Labute approximate surface area is 90.8 Å². The third-order valence-corrected chi connectivity index (χ3v) is 2.50. The Morgan fingerprint density at radius 1 is 1.27 bits per heavy atom. The van der Waals surface area contributed by atoms with Gasteiger partial charge in [0, 0.05) is 12.6 Å². The maximum absolute atomic E-state index is 9.48. The van der Waals surface area contributed by atoms with Gasteiger partial charge in [0.2, 0.25) is 0 Å². The van der Waals surface area contributed by atoms with E-state index in [0.29, 0.717) is 0 Å². The van der Waals surface area contributed by atoms with Gasteiger partial charge in [0.05, 0.1) is 12.7 Å². The molecular formula is C12H19NO2. The molecule has 0 bridgehead atoms. The molecule has 0 aromatic heterocycles. The second-order valence-electron chi connectivity index (χ2n) is 3.63. The fraction of sp³-hybridized carbons (Fsp3) is 0.500. The first-order valence-corrected chi connectivity index (χ1v) is 5.34. The van der Waals surface area contributed by atoms with Crippen molar-refractivity contribution in [2.75, 3.05) is 6.61 Å². The van der Waals surface area contributed by atoms with Crippen LogP contribution in [0.15, 0.2) is 30.3 Å². The van der Waals surface area contributed by atoms with Crippen LogP contribution in [0.4, 0.5) is 0 Å². The van der Waals surface area contributed by atoms with Crippen molar-refractivity contribution < 1.29 is 10.2 Å². The van der Waals surface area contributed by atoms with Crippen molar-refractivity contribution in [2.45, 2.75) is 32.0 Å². The molecule has 0 fully saturated rings. The van der Waals surface area contributed by atoms with Gasteiger partial charge in [-0.2, -0.15) is 0 Å². The van der Waals surface area contributed by atoms with Gasteiger partial charge in [-0.15, -0.1) is 0 Å². The Kier molecular flexibility index (Phi) is 5.32. The third-order valence-electron chi connectivity index (χ3n) is 2.50. The molecule has 0 amide bonds. The first-order chi connectivity index (χ1) is 7.27. The van der Waals surface area contributed by atoms with E-state index in [-0.39, 0.29) is 12.6 Å². The highest BCUT2D eigenvalue weighted by molar-refractivity contribution is 5.14. The van der Waals surface area contributed by atoms with Crippen molar-refractivity contribution in [3.63, 3.8) is 0 Å². The quantitative estimate of drug-likeness (QED) is 0.652. The van der Waals surface area contributed by atoms with Crippen LogP contribution in [-0.4, -0.2) is 29.0 Å². The lowest BCUT2D eigenvalue weighted by molar-refractivity contribution is 0.0609. The van der Waals surface area contributed by atoms with E-state index in [1.807, 2.05) is 37.3 Å². The Hall–Kier alpha value is -0.900. The Balaban J connectivity index is 2.41. The molecule has 0 spiro atoms. The van der Waals surface area contributed by atoms with E-state index in [1.54, 1.807) is 0 Å². The van der Waals surface area contributed by atoms with Crippen LogP contribution in [0.3, 0.4) is 0 Å². The lowest BCUT2D eigenvalue weighted by Crippen LogP contribution is -2.40. The minimum absolute atomic E-state index is 0.0461. The summed E-state index contributed by atoms with van der Waals surface area (Å²) in [7, 11) is 0. The van der Waals surface area contributed by atoms with Crippen molar-refractivity contribution in [2.24, 2.45) is 0 Å². The van der Waals surface area contributed by atoms with E-state index in [2.05, 4.69) is 5.32 Å². The Bertz CT molecular complexity index is 264. The van der Waals surface area contributed by atoms with E-state index >= 15 is 0 Å². The summed E-state index contributed by atoms with van der Waals surface area (Å²) in [5, 5.41) is 21.6. The summed E-state index contributed by atoms with van der Waals surface area (Å²) in [6, 6.07) is 9.97. The molecule has 0 aliphatic rings. The zero-order valence-corrected chi connectivity index (χ0v) is 9.06. The molecule has 3 heteroatoms. The zero-order valence-electron chi connectivity index (χ0n) is 9.06. The number of aliphatic hydroxyl groups is 2. The van der Waals surface area contributed by atoms with Gasteiger partial charge in [-0.25, -0.2) is 0 Å². The second-order valence-corrected chi connectivity index (χ2v) is 3.63. The average Bonchev–Trinajstić information content (AvgIpc) is 2.31. The van der Waals surface area contributed by atoms with Crippen molar-refractivity contribution >= 4 is 0 Å². The Morgan fingerprint density at radius 2 is 1.93 bits per heavy atom. The van der Waals surface area contributed by atoms with Gasteiger partial charge in [0.1, 0.15) is 0 Å². The first kappa shape index (κ1) is 12.2. The lowest BCUT2D eigenvalue weighted by Gasteiger charge is -2.21. The average molecular weight is 209 g/mol. The maximum atomic E-state index is 9.48. The summed E-state index contributed by atoms with van der Waals surface area (Å²) >= 11 is 0. The van der Waals surface area contributed by atoms with E-state index in [4.69, 9.17) is 5.11 Å². The normalized spacial score (nSPS) is 14.9. The van der Waals surface area contributed by atoms with Crippen LogP contribution in [-0.2, 0) is 6.54 Å². The molecule has 1 rings (SSSR count). The van der Waals surface area contributed by atoms with Crippen molar-refractivity contribution in [3.05, 3.63) is 35.9 Å². The smallest absolute Gasteiger partial charge is 0.0923 e. The predicted octanol–water partition coefficient (Wildman–Crippen LogP) is 0.908. The van der Waals surface area contributed by atoms with Gasteiger partial charge >= 0.3 is 0 Å². The van der Waals surface area contributed by atoms with Gasteiger partial charge in [0.15, 0.2) is 0 Å². The van der Waals surface area contributed by atoms with Crippen LogP contribution in [0.2, 0.25) is 0 Å². The topological polar surface area (TPSA) is 52.5 Å². The van der Waals surface area contributed by atoms with Crippen LogP contribution >= 0.6 is 0 Å². The maximum Gasteiger partial charge on any atom is 0.0923 e. The SMILES string of the molecule is CC[C@@H](NCc1ccccc1)[C@H](O)CO. The van der Waals surface area contributed by atoms with Crippen LogP contribution in [0.5, 0.6) is 0 Å². The van der Waals surface area contributed by atoms with Gasteiger partial charge in [-0.3, -0.25) is 0 Å². The van der Waals surface area contributed by atoms with Gasteiger partial charge in [-0.1, -0.05) is 37.3 Å². The van der Waals surface area contributed by atoms with Crippen molar-refractivity contribution in [1.29, 1.82) is 0 Å². The molecule has 0 unspecified atom stereocenters. The zero-order chi connectivity index (χ0) is 11.1. The van der Waals surface area contributed by atoms with Crippen LogP contribution in [0.25, 0.3) is 0 Å². The summed E-state index contributed by atoms with van der Waals surface area (Å²) < 4.78 is 0. The lowest BCUT2D eigenvalue weighted by atomic mass is 10.1. The van der Waals surface area contributed by atoms with Gasteiger partial charge in [0.25, 0.3) is 0 Å². The molecular weight excluding hydrogens is 190 g/mol. The molecule has 0 aliphatic carbocycles. The molecule has 1 aromatic rings. The number of aliphatic hydroxyl groups excluding tert-OH is 2. The molecule has 84 valence electrons. The summed E-state index contributed by atoms with van der Waals surface area (Å²) in [6.07, 6.45) is 0.118. The number of benzene rings is 1. The summed E-state index contributed by atoms with van der Waals surface area (Å²) in [4.78, 5) is 0. The third kappa shape index (κ3) is 4.00. The summed E-state index contributed by atoms with van der Waals surface area (Å²) in [6.45, 7) is 2.51. The minimum atomic E-state index is -0.682. The highest BCUT2D eigenvalue weighted by Crippen LogP contribution is 2.02. The second kappa shape index (κ2) is 6.56. The molecule has 0 aliphatic heterocycles. The standard InChI is InChI=1S/C12H19NO2/c1-2-11(12(15)9-14)13-8-10-6-4-3-5-7-10/h3-7,11-15H,2,8-9H2,1H3/t11-,12-/m1/s1. The number of nitrogens with one attached hydrogen (secondary N) is 1. The van der Waals surface area contributed by atoms with Crippen molar-refractivity contribution in [3.8, 4) is 0 Å². The number of hydrogen-bond donors (Lipinski definition) is 3. The molecule has 0 radical (unpaired) electrons. The molecule has 0 saturated carbocycles. The van der Waals surface area contributed by atoms with Gasteiger partial charge in [-0.05, 0) is 12.0 Å². The molecule has 3 N–H and O–H groups in total. The highest BCUT2D eigenvalue weighted by Gasteiger charge is 2.15. The van der Waals surface area contributed by atoms with E-state index < -0.39 is 6.10 Å². The molecule has 0 heterocycles. The highest BCUT2D eigenvalue weighted by atomic mass is 16.3. The largest absolute Gasteiger partial charge is 0.394 e. The molecule has 1 aromatic carbocycles.